The summed E-state index contributed by atoms with van der Waals surface area (Å²) < 4.78 is 5.51. The van der Waals surface area contributed by atoms with Crippen LogP contribution in [0.1, 0.15) is 12.8 Å². The van der Waals surface area contributed by atoms with Gasteiger partial charge in [-0.05, 0) is 52.2 Å². The summed E-state index contributed by atoms with van der Waals surface area (Å²) in [7, 11) is 5.81. The third kappa shape index (κ3) is 7.66. The number of rotatable bonds is 13. The Bertz CT molecular complexity index is 497. The second-order valence-corrected chi connectivity index (χ2v) is 7.26. The molecule has 0 radical (unpaired) electrons. The van der Waals surface area contributed by atoms with E-state index in [1.807, 2.05) is 20.2 Å². The van der Waals surface area contributed by atoms with Gasteiger partial charge in [0.05, 0.1) is 12.8 Å². The Balaban J connectivity index is 1.65. The van der Waals surface area contributed by atoms with Gasteiger partial charge in [-0.25, -0.2) is 0 Å². The van der Waals surface area contributed by atoms with E-state index < -0.39 is 0 Å². The van der Waals surface area contributed by atoms with Crippen molar-refractivity contribution in [1.29, 1.82) is 0 Å². The van der Waals surface area contributed by atoms with Gasteiger partial charge in [0.25, 0.3) is 0 Å². The largest absolute Gasteiger partial charge is 0.495 e. The fraction of sp³-hybridized carbons (Fsp3) is 0.714. The first kappa shape index (κ1) is 22.0. The van der Waals surface area contributed by atoms with Gasteiger partial charge in [0.1, 0.15) is 5.75 Å². The zero-order valence-electron chi connectivity index (χ0n) is 17.5. The predicted octanol–water partition coefficient (Wildman–Crippen LogP) is 1.34. The first-order valence-corrected chi connectivity index (χ1v) is 10.4. The maximum absolute atomic E-state index is 5.51. The SMILES string of the molecule is CNCCN(CCCCN1CCN(c2ccccc2OC)CC1)CCNC. The van der Waals surface area contributed by atoms with E-state index in [9.17, 15) is 0 Å². The summed E-state index contributed by atoms with van der Waals surface area (Å²) in [4.78, 5) is 7.62. The van der Waals surface area contributed by atoms with Crippen LogP contribution in [0.4, 0.5) is 5.69 Å². The van der Waals surface area contributed by atoms with Crippen molar-refractivity contribution in [2.45, 2.75) is 12.8 Å². The van der Waals surface area contributed by atoms with E-state index in [0.29, 0.717) is 0 Å². The molecular formula is C21H39N5O. The van der Waals surface area contributed by atoms with Crippen molar-refractivity contribution in [1.82, 2.24) is 20.4 Å². The minimum atomic E-state index is 0.981. The summed E-state index contributed by atoms with van der Waals surface area (Å²) >= 11 is 0. The van der Waals surface area contributed by atoms with Crippen LogP contribution in [-0.4, -0.2) is 96.5 Å². The van der Waals surface area contributed by atoms with Gasteiger partial charge >= 0.3 is 0 Å². The van der Waals surface area contributed by atoms with Crippen molar-refractivity contribution in [3.05, 3.63) is 24.3 Å². The van der Waals surface area contributed by atoms with Gasteiger partial charge in [-0.3, -0.25) is 4.90 Å². The normalized spacial score (nSPS) is 15.5. The second-order valence-electron chi connectivity index (χ2n) is 7.26. The van der Waals surface area contributed by atoms with Gasteiger partial charge in [0, 0.05) is 52.4 Å². The molecule has 0 atom stereocenters. The molecular weight excluding hydrogens is 338 g/mol. The lowest BCUT2D eigenvalue weighted by atomic mass is 10.2. The van der Waals surface area contributed by atoms with E-state index in [1.54, 1.807) is 7.11 Å². The molecule has 0 saturated carbocycles. The van der Waals surface area contributed by atoms with Crippen LogP contribution in [0.3, 0.4) is 0 Å². The molecule has 1 aliphatic heterocycles. The Morgan fingerprint density at radius 3 is 2.22 bits per heavy atom. The lowest BCUT2D eigenvalue weighted by Gasteiger charge is -2.36. The number of methoxy groups -OCH3 is 1. The van der Waals surface area contributed by atoms with E-state index in [1.165, 1.54) is 31.6 Å². The van der Waals surface area contributed by atoms with Crippen molar-refractivity contribution in [3.8, 4) is 5.75 Å². The molecule has 0 aromatic heterocycles. The molecule has 0 spiro atoms. The highest BCUT2D eigenvalue weighted by Gasteiger charge is 2.19. The molecule has 1 heterocycles. The van der Waals surface area contributed by atoms with E-state index >= 15 is 0 Å². The maximum atomic E-state index is 5.51. The van der Waals surface area contributed by atoms with Crippen LogP contribution in [0, 0.1) is 0 Å². The van der Waals surface area contributed by atoms with E-state index in [0.717, 1.165) is 58.1 Å². The molecule has 1 aromatic rings. The Morgan fingerprint density at radius 2 is 1.59 bits per heavy atom. The molecule has 2 rings (SSSR count). The quantitative estimate of drug-likeness (QED) is 0.506. The molecule has 154 valence electrons. The molecule has 6 nitrogen and oxygen atoms in total. The van der Waals surface area contributed by atoms with Gasteiger partial charge in [-0.2, -0.15) is 0 Å². The zero-order chi connectivity index (χ0) is 19.3. The zero-order valence-corrected chi connectivity index (χ0v) is 17.5. The smallest absolute Gasteiger partial charge is 0.142 e. The van der Waals surface area contributed by atoms with Gasteiger partial charge < -0.3 is 25.2 Å². The Hall–Kier alpha value is -1.34. The monoisotopic (exact) mass is 377 g/mol. The molecule has 6 heteroatoms. The fourth-order valence-corrected chi connectivity index (χ4v) is 3.65. The number of nitrogens with one attached hydrogen (secondary N) is 2. The molecule has 1 saturated heterocycles. The highest BCUT2D eigenvalue weighted by molar-refractivity contribution is 5.58. The average Bonchev–Trinajstić information content (AvgIpc) is 2.73. The third-order valence-corrected chi connectivity index (χ3v) is 5.35. The average molecular weight is 378 g/mol. The van der Waals surface area contributed by atoms with Crippen molar-refractivity contribution in [2.75, 3.05) is 91.6 Å². The summed E-state index contributed by atoms with van der Waals surface area (Å²) in [5.41, 5.74) is 1.23. The number of benzene rings is 1. The Kier molecular flexibility index (Phi) is 10.5. The minimum Gasteiger partial charge on any atom is -0.495 e. The molecule has 0 amide bonds. The number of para-hydroxylation sites is 2. The number of likely N-dealkylation sites (N-methyl/N-ethyl adjacent to an activating group) is 2. The first-order chi connectivity index (χ1) is 13.3. The van der Waals surface area contributed by atoms with Gasteiger partial charge in [-0.1, -0.05) is 12.1 Å². The molecule has 0 bridgehead atoms. The Labute approximate surface area is 165 Å². The second kappa shape index (κ2) is 12.9. The van der Waals surface area contributed by atoms with Gasteiger partial charge in [-0.15, -0.1) is 0 Å². The van der Waals surface area contributed by atoms with Crippen LogP contribution in [0.25, 0.3) is 0 Å². The summed E-state index contributed by atoms with van der Waals surface area (Å²) in [6.07, 6.45) is 2.56. The molecule has 1 fully saturated rings. The van der Waals surface area contributed by atoms with Gasteiger partial charge in [0.2, 0.25) is 0 Å². The van der Waals surface area contributed by atoms with Crippen LogP contribution in [0.15, 0.2) is 24.3 Å². The minimum absolute atomic E-state index is 0.981. The van der Waals surface area contributed by atoms with E-state index in [4.69, 9.17) is 4.74 Å². The summed E-state index contributed by atoms with van der Waals surface area (Å²) in [6, 6.07) is 8.35. The van der Waals surface area contributed by atoms with E-state index in [-0.39, 0.29) is 0 Å². The molecule has 1 aliphatic rings. The molecule has 1 aromatic carbocycles. The number of unbranched alkanes of at least 4 members (excludes halogenated alkanes) is 1. The van der Waals surface area contributed by atoms with Crippen LogP contribution < -0.4 is 20.3 Å². The number of nitrogens with zero attached hydrogens (tertiary/aromatic N) is 3. The van der Waals surface area contributed by atoms with Crippen molar-refractivity contribution >= 4 is 5.69 Å². The van der Waals surface area contributed by atoms with Crippen LogP contribution >= 0.6 is 0 Å². The molecule has 2 N–H and O–H groups in total. The molecule has 0 aliphatic carbocycles. The Morgan fingerprint density at radius 1 is 0.926 bits per heavy atom. The molecule has 27 heavy (non-hydrogen) atoms. The summed E-state index contributed by atoms with van der Waals surface area (Å²) in [5.74, 6) is 0.981. The number of hydrogen-bond acceptors (Lipinski definition) is 6. The summed E-state index contributed by atoms with van der Waals surface area (Å²) in [5, 5.41) is 6.52. The number of anilines is 1. The predicted molar refractivity (Wildman–Crippen MR) is 115 cm³/mol. The van der Waals surface area contributed by atoms with Gasteiger partial charge in [0.15, 0.2) is 0 Å². The molecule has 0 unspecified atom stereocenters. The topological polar surface area (TPSA) is 43.0 Å². The lowest BCUT2D eigenvalue weighted by Crippen LogP contribution is -2.46. The van der Waals surface area contributed by atoms with Crippen molar-refractivity contribution in [2.24, 2.45) is 0 Å². The van der Waals surface area contributed by atoms with Crippen molar-refractivity contribution < 1.29 is 4.74 Å². The van der Waals surface area contributed by atoms with Crippen LogP contribution in [0.2, 0.25) is 0 Å². The van der Waals surface area contributed by atoms with Crippen LogP contribution in [0.5, 0.6) is 5.75 Å². The number of hydrogen-bond donors (Lipinski definition) is 2. The summed E-state index contributed by atoms with van der Waals surface area (Å²) in [6.45, 7) is 11.3. The first-order valence-electron chi connectivity index (χ1n) is 10.4. The fourth-order valence-electron chi connectivity index (χ4n) is 3.65. The van der Waals surface area contributed by atoms with Crippen LogP contribution in [-0.2, 0) is 0 Å². The number of ether oxygens (including phenoxy) is 1. The maximum Gasteiger partial charge on any atom is 0.142 e. The van der Waals surface area contributed by atoms with Crippen molar-refractivity contribution in [3.63, 3.8) is 0 Å². The highest BCUT2D eigenvalue weighted by atomic mass is 16.5. The lowest BCUT2D eigenvalue weighted by molar-refractivity contribution is 0.234. The standard InChI is InChI=1S/C21H39N5O/c1-22-10-14-24(15-11-23-2)12-6-7-13-25-16-18-26(19-17-25)20-8-4-5-9-21(20)27-3/h4-5,8-9,22-23H,6-7,10-19H2,1-3H3. The number of piperazine rings is 1. The third-order valence-electron chi connectivity index (χ3n) is 5.35. The highest BCUT2D eigenvalue weighted by Crippen LogP contribution is 2.28. The van der Waals surface area contributed by atoms with E-state index in [2.05, 4.69) is 43.5 Å².